The van der Waals surface area contributed by atoms with Crippen molar-refractivity contribution < 1.29 is 21.9 Å². The van der Waals surface area contributed by atoms with Crippen LogP contribution in [-0.2, 0) is 10.0 Å². The van der Waals surface area contributed by atoms with Gasteiger partial charge in [0.1, 0.15) is 22.2 Å². The zero-order valence-corrected chi connectivity index (χ0v) is 13.9. The van der Waals surface area contributed by atoms with E-state index in [-0.39, 0.29) is 11.6 Å². The van der Waals surface area contributed by atoms with Crippen LogP contribution in [0.15, 0.2) is 33.6 Å². The van der Waals surface area contributed by atoms with Gasteiger partial charge in [0, 0.05) is 10.5 Å². The van der Waals surface area contributed by atoms with E-state index in [1.165, 1.54) is 13.2 Å². The molecular formula is C13H11BrF2N2O3S. The SMILES string of the molecule is COc1nc(C)c(Br)cc1NS(=O)(=O)c1ccc(F)cc1F. The van der Waals surface area contributed by atoms with Crippen molar-refractivity contribution in [2.24, 2.45) is 0 Å². The molecule has 2 aromatic rings. The molecule has 0 radical (unpaired) electrons. The number of ether oxygens (including phenoxy) is 1. The molecular weight excluding hydrogens is 382 g/mol. The molecule has 0 amide bonds. The summed E-state index contributed by atoms with van der Waals surface area (Å²) in [5, 5.41) is 0. The molecule has 1 aromatic heterocycles. The van der Waals surface area contributed by atoms with Gasteiger partial charge >= 0.3 is 0 Å². The van der Waals surface area contributed by atoms with Crippen LogP contribution in [0.4, 0.5) is 14.5 Å². The number of nitrogens with one attached hydrogen (secondary N) is 1. The Bertz CT molecular complexity index is 828. The van der Waals surface area contributed by atoms with Gasteiger partial charge in [-0.05, 0) is 41.1 Å². The van der Waals surface area contributed by atoms with Gasteiger partial charge in [-0.3, -0.25) is 4.72 Å². The molecule has 118 valence electrons. The first-order valence-corrected chi connectivity index (χ1v) is 8.21. The first-order valence-electron chi connectivity index (χ1n) is 5.93. The van der Waals surface area contributed by atoms with E-state index in [9.17, 15) is 17.2 Å². The lowest BCUT2D eigenvalue weighted by atomic mass is 10.3. The number of anilines is 1. The number of pyridine rings is 1. The van der Waals surface area contributed by atoms with Gasteiger partial charge in [0.25, 0.3) is 10.0 Å². The van der Waals surface area contributed by atoms with Crippen LogP contribution >= 0.6 is 15.9 Å². The highest BCUT2D eigenvalue weighted by molar-refractivity contribution is 9.10. The van der Waals surface area contributed by atoms with Crippen LogP contribution in [0.3, 0.4) is 0 Å². The minimum atomic E-state index is -4.26. The third-order valence-corrected chi connectivity index (χ3v) is 4.94. The molecule has 1 aromatic carbocycles. The summed E-state index contributed by atoms with van der Waals surface area (Å²) in [4.78, 5) is 3.38. The Balaban J connectivity index is 2.47. The van der Waals surface area contributed by atoms with Crippen molar-refractivity contribution >= 4 is 31.6 Å². The molecule has 0 aliphatic rings. The van der Waals surface area contributed by atoms with Crippen LogP contribution in [0.5, 0.6) is 5.88 Å². The second-order valence-electron chi connectivity index (χ2n) is 4.29. The van der Waals surface area contributed by atoms with Gasteiger partial charge in [0.05, 0.1) is 12.8 Å². The van der Waals surface area contributed by atoms with Crippen molar-refractivity contribution in [1.82, 2.24) is 4.98 Å². The summed E-state index contributed by atoms with van der Waals surface area (Å²) in [5.74, 6) is -2.02. The van der Waals surface area contributed by atoms with Crippen LogP contribution in [-0.4, -0.2) is 20.5 Å². The summed E-state index contributed by atoms with van der Waals surface area (Å²) in [6, 6.07) is 3.64. The predicted octanol–water partition coefficient (Wildman–Crippen LogP) is 3.24. The molecule has 0 unspecified atom stereocenters. The molecule has 1 heterocycles. The van der Waals surface area contributed by atoms with Crippen molar-refractivity contribution in [2.45, 2.75) is 11.8 Å². The number of benzene rings is 1. The summed E-state index contributed by atoms with van der Waals surface area (Å²) in [6.45, 7) is 1.70. The van der Waals surface area contributed by atoms with Crippen LogP contribution in [0.1, 0.15) is 5.69 Å². The molecule has 22 heavy (non-hydrogen) atoms. The average molecular weight is 393 g/mol. The topological polar surface area (TPSA) is 68.3 Å². The van der Waals surface area contributed by atoms with E-state index in [4.69, 9.17) is 4.74 Å². The van der Waals surface area contributed by atoms with E-state index in [0.29, 0.717) is 16.2 Å². The number of hydrogen-bond acceptors (Lipinski definition) is 4. The third-order valence-electron chi connectivity index (χ3n) is 2.74. The van der Waals surface area contributed by atoms with Gasteiger partial charge in [-0.2, -0.15) is 0 Å². The van der Waals surface area contributed by atoms with E-state index < -0.39 is 26.6 Å². The van der Waals surface area contributed by atoms with E-state index in [2.05, 4.69) is 25.6 Å². The summed E-state index contributed by atoms with van der Waals surface area (Å²) in [7, 11) is -2.93. The van der Waals surface area contributed by atoms with Crippen molar-refractivity contribution in [3.05, 3.63) is 46.1 Å². The molecule has 0 saturated heterocycles. The number of sulfonamides is 1. The van der Waals surface area contributed by atoms with Crippen molar-refractivity contribution in [1.29, 1.82) is 0 Å². The first kappa shape index (κ1) is 16.6. The van der Waals surface area contributed by atoms with Gasteiger partial charge in [0.15, 0.2) is 0 Å². The van der Waals surface area contributed by atoms with Gasteiger partial charge in [-0.25, -0.2) is 22.2 Å². The number of halogens is 3. The number of nitrogens with zero attached hydrogens (tertiary/aromatic N) is 1. The monoisotopic (exact) mass is 392 g/mol. The second-order valence-corrected chi connectivity index (χ2v) is 6.80. The van der Waals surface area contributed by atoms with Gasteiger partial charge in [0.2, 0.25) is 5.88 Å². The Kier molecular flexibility index (Phi) is 4.66. The molecule has 0 saturated carbocycles. The zero-order chi connectivity index (χ0) is 16.5. The number of rotatable bonds is 4. The van der Waals surface area contributed by atoms with Crippen molar-refractivity contribution in [3.63, 3.8) is 0 Å². The second kappa shape index (κ2) is 6.17. The Morgan fingerprint density at radius 1 is 1.27 bits per heavy atom. The average Bonchev–Trinajstić information content (AvgIpc) is 2.41. The summed E-state index contributed by atoms with van der Waals surface area (Å²) >= 11 is 3.22. The maximum absolute atomic E-state index is 13.7. The molecule has 9 heteroatoms. The highest BCUT2D eigenvalue weighted by Gasteiger charge is 2.22. The molecule has 2 rings (SSSR count). The van der Waals surface area contributed by atoms with E-state index in [1.807, 2.05) is 0 Å². The van der Waals surface area contributed by atoms with Gasteiger partial charge in [-0.15, -0.1) is 0 Å². The molecule has 0 aliphatic carbocycles. The lowest BCUT2D eigenvalue weighted by molar-refractivity contribution is 0.399. The Hall–Kier alpha value is -1.74. The maximum Gasteiger partial charge on any atom is 0.264 e. The Morgan fingerprint density at radius 2 is 1.95 bits per heavy atom. The maximum atomic E-state index is 13.7. The largest absolute Gasteiger partial charge is 0.479 e. The molecule has 1 N–H and O–H groups in total. The van der Waals surface area contributed by atoms with Gasteiger partial charge < -0.3 is 4.74 Å². The molecule has 0 bridgehead atoms. The molecule has 5 nitrogen and oxygen atoms in total. The van der Waals surface area contributed by atoms with Crippen LogP contribution in [0.25, 0.3) is 0 Å². The van der Waals surface area contributed by atoms with Crippen LogP contribution in [0, 0.1) is 18.6 Å². The molecule has 0 fully saturated rings. The lowest BCUT2D eigenvalue weighted by Gasteiger charge is -2.13. The Morgan fingerprint density at radius 3 is 2.55 bits per heavy atom. The Labute approximate surface area is 134 Å². The predicted molar refractivity (Wildman–Crippen MR) is 80.4 cm³/mol. The smallest absolute Gasteiger partial charge is 0.264 e. The number of methoxy groups -OCH3 is 1. The van der Waals surface area contributed by atoms with Crippen LogP contribution in [0.2, 0.25) is 0 Å². The fourth-order valence-electron chi connectivity index (χ4n) is 1.68. The summed E-state index contributed by atoms with van der Waals surface area (Å²) in [5.41, 5.74) is 0.622. The third kappa shape index (κ3) is 3.36. The lowest BCUT2D eigenvalue weighted by Crippen LogP contribution is -2.16. The van der Waals surface area contributed by atoms with E-state index >= 15 is 0 Å². The fourth-order valence-corrected chi connectivity index (χ4v) is 3.11. The minimum Gasteiger partial charge on any atom is -0.479 e. The van der Waals surface area contributed by atoms with E-state index in [1.54, 1.807) is 6.92 Å². The van der Waals surface area contributed by atoms with Gasteiger partial charge in [-0.1, -0.05) is 0 Å². The normalized spacial score (nSPS) is 11.3. The van der Waals surface area contributed by atoms with E-state index in [0.717, 1.165) is 12.1 Å². The number of aromatic nitrogens is 1. The minimum absolute atomic E-state index is 0.0312. The summed E-state index contributed by atoms with van der Waals surface area (Å²) in [6.07, 6.45) is 0. The summed E-state index contributed by atoms with van der Waals surface area (Å²) < 4.78 is 58.7. The standard InChI is InChI=1S/C13H11BrF2N2O3S/c1-7-9(14)6-11(13(17-7)21-2)18-22(19,20)12-4-3-8(15)5-10(12)16/h3-6,18H,1-2H3. The number of aryl methyl sites for hydroxylation is 1. The fraction of sp³-hybridized carbons (Fsp3) is 0.154. The van der Waals surface area contributed by atoms with Crippen molar-refractivity contribution in [3.8, 4) is 5.88 Å². The highest BCUT2D eigenvalue weighted by atomic mass is 79.9. The van der Waals surface area contributed by atoms with Crippen LogP contribution < -0.4 is 9.46 Å². The molecule has 0 atom stereocenters. The first-order chi connectivity index (χ1) is 10.2. The quantitative estimate of drug-likeness (QED) is 0.866. The number of hydrogen-bond donors (Lipinski definition) is 1. The highest BCUT2D eigenvalue weighted by Crippen LogP contribution is 2.30. The molecule has 0 spiro atoms. The molecule has 0 aliphatic heterocycles. The van der Waals surface area contributed by atoms with Crippen molar-refractivity contribution in [2.75, 3.05) is 11.8 Å². The zero-order valence-electron chi connectivity index (χ0n) is 11.5.